The molecule has 3 heteroatoms. The van der Waals surface area contributed by atoms with Gasteiger partial charge in [0.2, 0.25) is 0 Å². The first kappa shape index (κ1) is 9.11. The lowest BCUT2D eigenvalue weighted by molar-refractivity contribution is 0.300. The predicted octanol–water partition coefficient (Wildman–Crippen LogP) is 2.24. The number of rotatable bonds is 2. The number of hydrogen-bond acceptors (Lipinski definition) is 1. The number of halogens is 2. The van der Waals surface area contributed by atoms with Crippen LogP contribution in [-0.2, 0) is 0 Å². The van der Waals surface area contributed by atoms with Gasteiger partial charge in [-0.1, -0.05) is 17.7 Å². The molecule has 0 heterocycles. The standard InChI is InChI=1S/C8H9Cl2O/c9-7-3-6(1-2-11)4-8(10)5-7/h3-5,7,11H,1-2H2. The molecule has 0 aromatic carbocycles. The summed E-state index contributed by atoms with van der Waals surface area (Å²) in [5, 5.41) is 9.14. The van der Waals surface area contributed by atoms with E-state index in [4.69, 9.17) is 28.3 Å². The number of aliphatic hydroxyl groups is 1. The van der Waals surface area contributed by atoms with Crippen LogP contribution in [0.3, 0.4) is 0 Å². The highest BCUT2D eigenvalue weighted by Gasteiger charge is 2.10. The van der Waals surface area contributed by atoms with Crippen LogP contribution in [0, 0.1) is 6.42 Å². The average Bonchev–Trinajstić information content (AvgIpc) is 1.85. The minimum Gasteiger partial charge on any atom is -0.396 e. The second kappa shape index (κ2) is 4.15. The lowest BCUT2D eigenvalue weighted by Gasteiger charge is -2.11. The second-order valence-corrected chi connectivity index (χ2v) is 3.30. The molecule has 1 atom stereocenters. The van der Waals surface area contributed by atoms with Crippen molar-refractivity contribution in [3.8, 4) is 0 Å². The summed E-state index contributed by atoms with van der Waals surface area (Å²) >= 11 is 11.5. The Morgan fingerprint density at radius 3 is 2.82 bits per heavy atom. The molecule has 1 N–H and O–H groups in total. The van der Waals surface area contributed by atoms with Gasteiger partial charge in [0.25, 0.3) is 0 Å². The molecule has 0 saturated heterocycles. The van der Waals surface area contributed by atoms with Gasteiger partial charge in [0.05, 0.1) is 5.38 Å². The second-order valence-electron chi connectivity index (χ2n) is 2.36. The van der Waals surface area contributed by atoms with Crippen molar-refractivity contribution in [1.82, 2.24) is 0 Å². The zero-order valence-corrected chi connectivity index (χ0v) is 7.44. The molecule has 0 bridgehead atoms. The van der Waals surface area contributed by atoms with Crippen LogP contribution in [0.2, 0.25) is 0 Å². The normalized spacial score (nSPS) is 24.5. The van der Waals surface area contributed by atoms with Crippen LogP contribution in [0.4, 0.5) is 0 Å². The Morgan fingerprint density at radius 2 is 2.27 bits per heavy atom. The van der Waals surface area contributed by atoms with Crippen molar-refractivity contribution in [2.75, 3.05) is 6.61 Å². The smallest absolute Gasteiger partial charge is 0.0605 e. The first-order chi connectivity index (χ1) is 5.22. The van der Waals surface area contributed by atoms with E-state index in [1.807, 2.05) is 12.2 Å². The molecule has 0 saturated carbocycles. The Kier molecular flexibility index (Phi) is 3.44. The van der Waals surface area contributed by atoms with E-state index in [1.54, 1.807) is 6.42 Å². The van der Waals surface area contributed by atoms with E-state index in [-0.39, 0.29) is 12.0 Å². The summed E-state index contributed by atoms with van der Waals surface area (Å²) in [6.45, 7) is 0.135. The maximum absolute atomic E-state index is 8.62. The van der Waals surface area contributed by atoms with Crippen molar-refractivity contribution < 1.29 is 5.11 Å². The zero-order chi connectivity index (χ0) is 8.27. The molecule has 11 heavy (non-hydrogen) atoms. The molecule has 0 aromatic rings. The van der Waals surface area contributed by atoms with Crippen molar-refractivity contribution in [3.63, 3.8) is 0 Å². The molecule has 0 aromatic heterocycles. The largest absolute Gasteiger partial charge is 0.396 e. The number of aliphatic hydroxyl groups excluding tert-OH is 1. The van der Waals surface area contributed by atoms with Crippen molar-refractivity contribution in [1.29, 1.82) is 0 Å². The maximum Gasteiger partial charge on any atom is 0.0605 e. The maximum atomic E-state index is 8.62. The first-order valence-corrected chi connectivity index (χ1v) is 4.21. The van der Waals surface area contributed by atoms with Crippen LogP contribution in [0.25, 0.3) is 0 Å². The van der Waals surface area contributed by atoms with E-state index in [1.165, 1.54) is 0 Å². The highest BCUT2D eigenvalue weighted by molar-refractivity contribution is 6.33. The molecule has 61 valence electrons. The van der Waals surface area contributed by atoms with Gasteiger partial charge in [0.1, 0.15) is 0 Å². The summed E-state index contributed by atoms with van der Waals surface area (Å²) < 4.78 is 0. The van der Waals surface area contributed by atoms with E-state index in [0.29, 0.717) is 11.5 Å². The highest BCUT2D eigenvalue weighted by Crippen LogP contribution is 2.24. The summed E-state index contributed by atoms with van der Waals surface area (Å²) in [6, 6.07) is 0. The number of alkyl halides is 1. The van der Waals surface area contributed by atoms with Gasteiger partial charge < -0.3 is 5.11 Å². The van der Waals surface area contributed by atoms with Gasteiger partial charge in [-0.25, -0.2) is 0 Å². The Hall–Kier alpha value is 0.0200. The molecule has 0 fully saturated rings. The van der Waals surface area contributed by atoms with Gasteiger partial charge in [0, 0.05) is 18.1 Å². The van der Waals surface area contributed by atoms with Crippen LogP contribution in [0.1, 0.15) is 6.42 Å². The van der Waals surface area contributed by atoms with Crippen LogP contribution in [0.15, 0.2) is 22.8 Å². The number of hydrogen-bond donors (Lipinski definition) is 1. The fraction of sp³-hybridized carbons (Fsp3) is 0.375. The Labute approximate surface area is 76.3 Å². The van der Waals surface area contributed by atoms with Gasteiger partial charge in [-0.3, -0.25) is 0 Å². The minimum atomic E-state index is -0.131. The summed E-state index contributed by atoms with van der Waals surface area (Å²) in [6.07, 6.45) is 6.07. The van der Waals surface area contributed by atoms with Crippen molar-refractivity contribution in [2.24, 2.45) is 0 Å². The summed E-state index contributed by atoms with van der Waals surface area (Å²) in [7, 11) is 0. The summed E-state index contributed by atoms with van der Waals surface area (Å²) in [5.74, 6) is 0. The van der Waals surface area contributed by atoms with Crippen LogP contribution in [-0.4, -0.2) is 17.1 Å². The van der Waals surface area contributed by atoms with Crippen molar-refractivity contribution in [3.05, 3.63) is 29.2 Å². The van der Waals surface area contributed by atoms with Gasteiger partial charge in [-0.05, 0) is 18.1 Å². The molecule has 1 aliphatic rings. The van der Waals surface area contributed by atoms with E-state index >= 15 is 0 Å². The van der Waals surface area contributed by atoms with Crippen molar-refractivity contribution in [2.45, 2.75) is 11.8 Å². The molecule has 0 aliphatic heterocycles. The molecule has 1 nitrogen and oxygen atoms in total. The SMILES string of the molecule is OCCC1=CC(Cl)[CH]C(Cl)=C1. The molecule has 1 unspecified atom stereocenters. The average molecular weight is 192 g/mol. The lowest BCUT2D eigenvalue weighted by Crippen LogP contribution is -2.03. The van der Waals surface area contributed by atoms with E-state index < -0.39 is 0 Å². The van der Waals surface area contributed by atoms with Gasteiger partial charge >= 0.3 is 0 Å². The third-order valence-corrected chi connectivity index (χ3v) is 1.90. The number of allylic oxidation sites excluding steroid dienone is 3. The summed E-state index contributed by atoms with van der Waals surface area (Å²) in [4.78, 5) is 0. The quantitative estimate of drug-likeness (QED) is 0.665. The lowest BCUT2D eigenvalue weighted by atomic mass is 10.0. The van der Waals surface area contributed by atoms with Crippen LogP contribution >= 0.6 is 23.2 Å². The molecule has 0 spiro atoms. The molecule has 1 radical (unpaired) electrons. The van der Waals surface area contributed by atoms with Gasteiger partial charge in [0.15, 0.2) is 0 Å². The fourth-order valence-corrected chi connectivity index (χ4v) is 1.60. The Balaban J connectivity index is 2.62. The van der Waals surface area contributed by atoms with Crippen LogP contribution < -0.4 is 0 Å². The summed E-state index contributed by atoms with van der Waals surface area (Å²) in [5.41, 5.74) is 1.00. The predicted molar refractivity (Wildman–Crippen MR) is 47.7 cm³/mol. The van der Waals surface area contributed by atoms with Crippen molar-refractivity contribution >= 4 is 23.2 Å². The Bertz CT molecular complexity index is 196. The first-order valence-electron chi connectivity index (χ1n) is 3.40. The third kappa shape index (κ3) is 2.86. The molecule has 1 rings (SSSR count). The van der Waals surface area contributed by atoms with Crippen LogP contribution in [0.5, 0.6) is 0 Å². The fourth-order valence-electron chi connectivity index (χ4n) is 0.963. The van der Waals surface area contributed by atoms with E-state index in [2.05, 4.69) is 0 Å². The topological polar surface area (TPSA) is 20.2 Å². The molecular formula is C8H9Cl2O. The zero-order valence-electron chi connectivity index (χ0n) is 5.93. The minimum absolute atomic E-state index is 0.131. The Morgan fingerprint density at radius 1 is 1.55 bits per heavy atom. The van der Waals surface area contributed by atoms with Gasteiger partial charge in [-0.2, -0.15) is 0 Å². The van der Waals surface area contributed by atoms with E-state index in [0.717, 1.165) is 5.57 Å². The molecular weight excluding hydrogens is 183 g/mol. The monoisotopic (exact) mass is 191 g/mol. The molecule has 1 aliphatic carbocycles. The third-order valence-electron chi connectivity index (χ3n) is 1.42. The van der Waals surface area contributed by atoms with Gasteiger partial charge in [-0.15, -0.1) is 11.6 Å². The highest BCUT2D eigenvalue weighted by atomic mass is 35.5. The van der Waals surface area contributed by atoms with E-state index in [9.17, 15) is 0 Å². The molecule has 0 amide bonds.